The van der Waals surface area contributed by atoms with Crippen molar-refractivity contribution in [2.24, 2.45) is 11.8 Å². The Morgan fingerprint density at radius 1 is 1.20 bits per heavy atom. The molecule has 20 heavy (non-hydrogen) atoms. The van der Waals surface area contributed by atoms with Crippen molar-refractivity contribution in [3.8, 4) is 0 Å². The van der Waals surface area contributed by atoms with E-state index in [1.807, 2.05) is 12.1 Å². The van der Waals surface area contributed by atoms with Gasteiger partial charge in [-0.25, -0.2) is 0 Å². The van der Waals surface area contributed by atoms with Gasteiger partial charge >= 0.3 is 0 Å². The van der Waals surface area contributed by atoms with E-state index in [9.17, 15) is 8.42 Å². The summed E-state index contributed by atoms with van der Waals surface area (Å²) in [5.41, 5.74) is 7.19. The normalized spacial score (nSPS) is 24.7. The average molecular weight is 297 g/mol. The molecule has 1 saturated heterocycles. The Morgan fingerprint density at radius 3 is 2.30 bits per heavy atom. The molecule has 1 aliphatic heterocycles. The Labute approximate surface area is 121 Å². The van der Waals surface area contributed by atoms with E-state index >= 15 is 0 Å². The number of rotatable bonds is 4. The van der Waals surface area contributed by atoms with Gasteiger partial charge in [0.25, 0.3) is 10.2 Å². The molecule has 0 aromatic heterocycles. The van der Waals surface area contributed by atoms with Crippen LogP contribution >= 0.6 is 0 Å². The second-order valence-corrected chi connectivity index (χ2v) is 7.59. The number of hydrogen-bond acceptors (Lipinski definition) is 3. The second-order valence-electron chi connectivity index (χ2n) is 5.83. The Balaban J connectivity index is 1.98. The highest BCUT2D eigenvalue weighted by Gasteiger charge is 2.29. The molecule has 2 unspecified atom stereocenters. The smallest absolute Gasteiger partial charge is 0.279 e. The van der Waals surface area contributed by atoms with Crippen LogP contribution in [0.5, 0.6) is 0 Å². The molecule has 0 aliphatic carbocycles. The number of nitrogens with one attached hydrogen (secondary N) is 1. The molecule has 0 saturated carbocycles. The van der Waals surface area contributed by atoms with E-state index in [2.05, 4.69) is 18.6 Å². The number of benzene rings is 1. The summed E-state index contributed by atoms with van der Waals surface area (Å²) in [7, 11) is -3.41. The maximum absolute atomic E-state index is 12.3. The molecule has 1 aliphatic rings. The maximum Gasteiger partial charge on any atom is 0.279 e. The summed E-state index contributed by atoms with van der Waals surface area (Å²) in [6, 6.07) is 7.21. The van der Waals surface area contributed by atoms with Crippen LogP contribution in [-0.4, -0.2) is 25.8 Å². The van der Waals surface area contributed by atoms with Crippen LogP contribution in [0.4, 0.5) is 5.69 Å². The van der Waals surface area contributed by atoms with Crippen LogP contribution in [0.15, 0.2) is 24.3 Å². The van der Waals surface area contributed by atoms with Crippen molar-refractivity contribution < 1.29 is 8.42 Å². The second kappa shape index (κ2) is 6.11. The highest BCUT2D eigenvalue weighted by molar-refractivity contribution is 7.87. The summed E-state index contributed by atoms with van der Waals surface area (Å²) >= 11 is 0. The molecule has 2 rings (SSSR count). The van der Waals surface area contributed by atoms with Gasteiger partial charge in [-0.1, -0.05) is 26.0 Å². The quantitative estimate of drug-likeness (QED) is 0.829. The Bertz CT molecular complexity index is 532. The zero-order chi connectivity index (χ0) is 14.8. The molecule has 112 valence electrons. The van der Waals surface area contributed by atoms with Gasteiger partial charge in [0.15, 0.2) is 0 Å². The van der Waals surface area contributed by atoms with Gasteiger partial charge in [0, 0.05) is 25.3 Å². The third kappa shape index (κ3) is 3.94. The summed E-state index contributed by atoms with van der Waals surface area (Å²) in [4.78, 5) is 0. The summed E-state index contributed by atoms with van der Waals surface area (Å²) in [5.74, 6) is 0.818. The molecule has 1 fully saturated rings. The highest BCUT2D eigenvalue weighted by atomic mass is 32.2. The van der Waals surface area contributed by atoms with Crippen molar-refractivity contribution in [1.82, 2.24) is 9.03 Å². The number of nitrogens with two attached hydrogens (primary N) is 1. The zero-order valence-electron chi connectivity index (χ0n) is 12.0. The summed E-state index contributed by atoms with van der Waals surface area (Å²) in [6.45, 7) is 5.68. The van der Waals surface area contributed by atoms with Gasteiger partial charge in [-0.15, -0.1) is 0 Å². The van der Waals surface area contributed by atoms with Crippen molar-refractivity contribution in [2.45, 2.75) is 26.8 Å². The van der Waals surface area contributed by atoms with Gasteiger partial charge in [0.05, 0.1) is 0 Å². The number of piperidine rings is 1. The van der Waals surface area contributed by atoms with Gasteiger partial charge < -0.3 is 5.73 Å². The van der Waals surface area contributed by atoms with Crippen LogP contribution in [-0.2, 0) is 16.8 Å². The lowest BCUT2D eigenvalue weighted by molar-refractivity contribution is 0.220. The topological polar surface area (TPSA) is 75.4 Å². The Kier molecular flexibility index (Phi) is 4.67. The first kappa shape index (κ1) is 15.3. The van der Waals surface area contributed by atoms with E-state index in [1.54, 1.807) is 16.4 Å². The summed E-state index contributed by atoms with van der Waals surface area (Å²) in [6.07, 6.45) is 1.09. The van der Waals surface area contributed by atoms with E-state index in [0.717, 1.165) is 12.0 Å². The lowest BCUT2D eigenvalue weighted by Crippen LogP contribution is -2.47. The number of anilines is 1. The molecular weight excluding hydrogens is 274 g/mol. The Hall–Kier alpha value is -1.11. The van der Waals surface area contributed by atoms with Crippen LogP contribution in [0.1, 0.15) is 25.8 Å². The number of hydrogen-bond donors (Lipinski definition) is 2. The van der Waals surface area contributed by atoms with E-state index in [1.165, 1.54) is 0 Å². The largest absolute Gasteiger partial charge is 0.399 e. The van der Waals surface area contributed by atoms with Crippen molar-refractivity contribution in [3.63, 3.8) is 0 Å². The average Bonchev–Trinajstić information content (AvgIpc) is 2.37. The van der Waals surface area contributed by atoms with E-state index in [0.29, 0.717) is 37.2 Å². The standard InChI is InChI=1S/C14H23N3O2S/c1-11-7-12(2)10-17(9-11)20(18,19)16-8-13-3-5-14(15)6-4-13/h3-6,11-12,16H,7-10,15H2,1-2H3. The fourth-order valence-electron chi connectivity index (χ4n) is 2.70. The van der Waals surface area contributed by atoms with Gasteiger partial charge in [0.2, 0.25) is 0 Å². The van der Waals surface area contributed by atoms with Gasteiger partial charge in [-0.05, 0) is 36.0 Å². The molecule has 1 heterocycles. The lowest BCUT2D eigenvalue weighted by Gasteiger charge is -2.33. The first-order chi connectivity index (χ1) is 9.37. The molecule has 0 spiro atoms. The minimum atomic E-state index is -3.41. The first-order valence-corrected chi connectivity index (χ1v) is 8.40. The summed E-state index contributed by atoms with van der Waals surface area (Å²) < 4.78 is 28.8. The SMILES string of the molecule is CC1CC(C)CN(S(=O)(=O)NCc2ccc(N)cc2)C1. The van der Waals surface area contributed by atoms with Crippen LogP contribution < -0.4 is 10.5 Å². The third-order valence-electron chi connectivity index (χ3n) is 3.61. The van der Waals surface area contributed by atoms with E-state index in [4.69, 9.17) is 5.73 Å². The summed E-state index contributed by atoms with van der Waals surface area (Å²) in [5, 5.41) is 0. The molecule has 1 aromatic rings. The molecule has 1 aromatic carbocycles. The predicted molar refractivity (Wildman–Crippen MR) is 81.1 cm³/mol. The minimum Gasteiger partial charge on any atom is -0.399 e. The molecule has 2 atom stereocenters. The molecular formula is C14H23N3O2S. The van der Waals surface area contributed by atoms with E-state index in [-0.39, 0.29) is 0 Å². The third-order valence-corrected chi connectivity index (χ3v) is 5.10. The first-order valence-electron chi connectivity index (χ1n) is 6.96. The van der Waals surface area contributed by atoms with Crippen molar-refractivity contribution in [3.05, 3.63) is 29.8 Å². The van der Waals surface area contributed by atoms with Crippen molar-refractivity contribution >= 4 is 15.9 Å². The fourth-order valence-corrected chi connectivity index (χ4v) is 4.14. The van der Waals surface area contributed by atoms with Crippen molar-refractivity contribution in [2.75, 3.05) is 18.8 Å². The van der Waals surface area contributed by atoms with Gasteiger partial charge in [-0.2, -0.15) is 17.4 Å². The molecule has 6 heteroatoms. The van der Waals surface area contributed by atoms with Gasteiger partial charge in [-0.3, -0.25) is 0 Å². The van der Waals surface area contributed by atoms with Crippen LogP contribution in [0.25, 0.3) is 0 Å². The highest BCUT2D eigenvalue weighted by Crippen LogP contribution is 2.22. The van der Waals surface area contributed by atoms with Gasteiger partial charge in [0.1, 0.15) is 0 Å². The van der Waals surface area contributed by atoms with Crippen molar-refractivity contribution in [1.29, 1.82) is 0 Å². The number of nitrogens with zero attached hydrogens (tertiary/aromatic N) is 1. The molecule has 3 N–H and O–H groups in total. The molecule has 0 bridgehead atoms. The monoisotopic (exact) mass is 297 g/mol. The lowest BCUT2D eigenvalue weighted by atomic mass is 9.94. The Morgan fingerprint density at radius 2 is 1.75 bits per heavy atom. The maximum atomic E-state index is 12.3. The van der Waals surface area contributed by atoms with E-state index < -0.39 is 10.2 Å². The number of nitrogen functional groups attached to an aromatic ring is 1. The van der Waals surface area contributed by atoms with Crippen LogP contribution in [0.2, 0.25) is 0 Å². The zero-order valence-corrected chi connectivity index (χ0v) is 12.9. The minimum absolute atomic E-state index is 0.294. The fraction of sp³-hybridized carbons (Fsp3) is 0.571. The van der Waals surface area contributed by atoms with Crippen LogP contribution in [0.3, 0.4) is 0 Å². The molecule has 0 radical (unpaired) electrons. The predicted octanol–water partition coefficient (Wildman–Crippen LogP) is 1.58. The molecule has 5 nitrogen and oxygen atoms in total. The van der Waals surface area contributed by atoms with Crippen LogP contribution in [0, 0.1) is 11.8 Å². The molecule has 0 amide bonds.